The van der Waals surface area contributed by atoms with Gasteiger partial charge in [0.05, 0.1) is 13.2 Å². The molecule has 0 aromatic heterocycles. The van der Waals surface area contributed by atoms with E-state index in [9.17, 15) is 4.79 Å². The van der Waals surface area contributed by atoms with E-state index < -0.39 is 0 Å². The topological polar surface area (TPSA) is 64.3 Å². The number of hydrogen-bond donors (Lipinski definition) is 2. The minimum absolute atomic E-state index is 0.000860. The third-order valence-corrected chi connectivity index (χ3v) is 2.36. The zero-order valence-corrected chi connectivity index (χ0v) is 12.0. The highest BCUT2D eigenvalue weighted by molar-refractivity contribution is 5.76. The van der Waals surface area contributed by atoms with Gasteiger partial charge in [0.15, 0.2) is 0 Å². The van der Waals surface area contributed by atoms with Gasteiger partial charge >= 0.3 is 0 Å². The van der Waals surface area contributed by atoms with Crippen LogP contribution in [0.3, 0.4) is 0 Å². The van der Waals surface area contributed by atoms with E-state index in [4.69, 9.17) is 10.5 Å². The van der Waals surface area contributed by atoms with Crippen LogP contribution in [0.1, 0.15) is 40.0 Å². The summed E-state index contributed by atoms with van der Waals surface area (Å²) in [5.41, 5.74) is 6.09. The first-order chi connectivity index (χ1) is 8.35. The van der Waals surface area contributed by atoms with Crippen molar-refractivity contribution in [2.24, 2.45) is 11.1 Å². The fourth-order valence-electron chi connectivity index (χ4n) is 1.70. The molecule has 4 heteroatoms. The van der Waals surface area contributed by atoms with E-state index >= 15 is 0 Å². The third-order valence-electron chi connectivity index (χ3n) is 2.36. The van der Waals surface area contributed by atoms with Crippen LogP contribution >= 0.6 is 0 Å². The summed E-state index contributed by atoms with van der Waals surface area (Å²) in [5, 5.41) is 2.81. The highest BCUT2D eigenvalue weighted by Crippen LogP contribution is 2.20. The van der Waals surface area contributed by atoms with Gasteiger partial charge in [0.25, 0.3) is 0 Å². The van der Waals surface area contributed by atoms with Crippen LogP contribution in [0.15, 0.2) is 12.7 Å². The third kappa shape index (κ3) is 11.6. The molecular formula is C14H28N2O2. The van der Waals surface area contributed by atoms with Crippen molar-refractivity contribution < 1.29 is 9.53 Å². The number of hydrogen-bond acceptors (Lipinski definition) is 3. The fourth-order valence-corrected chi connectivity index (χ4v) is 1.70. The molecule has 0 saturated heterocycles. The Labute approximate surface area is 111 Å². The smallest absolute Gasteiger partial charge is 0.221 e. The van der Waals surface area contributed by atoms with Crippen LogP contribution in [0.5, 0.6) is 0 Å². The molecule has 0 spiro atoms. The highest BCUT2D eigenvalue weighted by Gasteiger charge is 2.17. The average Bonchev–Trinajstić information content (AvgIpc) is 2.20. The van der Waals surface area contributed by atoms with Crippen LogP contribution in [0.4, 0.5) is 0 Å². The maximum atomic E-state index is 11.6. The monoisotopic (exact) mass is 256 g/mol. The molecule has 0 saturated carbocycles. The van der Waals surface area contributed by atoms with Crippen LogP contribution in [0.2, 0.25) is 0 Å². The standard InChI is InChI=1S/C14H28N2O2/c1-5-6-8-18-9-7-16-13(17)10-12(15)11-14(2,3)4/h5,12H,1,6-11,15H2,2-4H3,(H,16,17). The summed E-state index contributed by atoms with van der Waals surface area (Å²) in [7, 11) is 0. The van der Waals surface area contributed by atoms with Crippen LogP contribution in [-0.2, 0) is 9.53 Å². The van der Waals surface area contributed by atoms with Crippen molar-refractivity contribution in [1.82, 2.24) is 5.32 Å². The van der Waals surface area contributed by atoms with E-state index in [1.54, 1.807) is 0 Å². The Balaban J connectivity index is 3.56. The lowest BCUT2D eigenvalue weighted by Gasteiger charge is -2.22. The second-order valence-corrected chi connectivity index (χ2v) is 5.77. The van der Waals surface area contributed by atoms with Gasteiger partial charge in [-0.05, 0) is 18.3 Å². The van der Waals surface area contributed by atoms with Crippen LogP contribution in [0.25, 0.3) is 0 Å². The molecule has 1 unspecified atom stereocenters. The molecule has 0 aliphatic carbocycles. The first kappa shape index (κ1) is 17.1. The molecule has 1 atom stereocenters. The molecule has 0 aromatic rings. The maximum absolute atomic E-state index is 11.6. The Bertz CT molecular complexity index is 247. The second kappa shape index (κ2) is 9.11. The number of nitrogens with two attached hydrogens (primary N) is 1. The molecule has 0 aliphatic heterocycles. The molecule has 0 rings (SSSR count). The first-order valence-electron chi connectivity index (χ1n) is 6.56. The summed E-state index contributed by atoms with van der Waals surface area (Å²) in [6.45, 7) is 11.7. The van der Waals surface area contributed by atoms with Gasteiger partial charge in [0, 0.05) is 19.0 Å². The van der Waals surface area contributed by atoms with E-state index in [-0.39, 0.29) is 17.4 Å². The minimum Gasteiger partial charge on any atom is -0.379 e. The van der Waals surface area contributed by atoms with Crippen LogP contribution < -0.4 is 11.1 Å². The molecule has 0 radical (unpaired) electrons. The Morgan fingerprint density at radius 1 is 1.44 bits per heavy atom. The minimum atomic E-state index is -0.0771. The molecule has 0 fully saturated rings. The molecule has 18 heavy (non-hydrogen) atoms. The number of rotatable bonds is 9. The zero-order valence-electron chi connectivity index (χ0n) is 12.0. The number of nitrogens with one attached hydrogen (secondary N) is 1. The number of carbonyl (C=O) groups excluding carboxylic acids is 1. The van der Waals surface area contributed by atoms with Gasteiger partial charge in [-0.2, -0.15) is 0 Å². The molecule has 0 heterocycles. The van der Waals surface area contributed by atoms with Crippen molar-refractivity contribution in [3.8, 4) is 0 Å². The quantitative estimate of drug-likeness (QED) is 0.489. The summed E-state index contributed by atoms with van der Waals surface area (Å²) in [4.78, 5) is 11.6. The Kier molecular flexibility index (Phi) is 8.67. The van der Waals surface area contributed by atoms with Crippen LogP contribution in [-0.4, -0.2) is 31.7 Å². The average molecular weight is 256 g/mol. The van der Waals surface area contributed by atoms with E-state index in [2.05, 4.69) is 32.7 Å². The van der Waals surface area contributed by atoms with Crippen molar-refractivity contribution in [3.63, 3.8) is 0 Å². The normalized spacial score (nSPS) is 13.1. The lowest BCUT2D eigenvalue weighted by Crippen LogP contribution is -2.35. The predicted octanol–water partition coefficient (Wildman–Crippen LogP) is 1.85. The SMILES string of the molecule is C=CCCOCCNC(=O)CC(N)CC(C)(C)C. The van der Waals surface area contributed by atoms with Crippen molar-refractivity contribution in [1.29, 1.82) is 0 Å². The van der Waals surface area contributed by atoms with Gasteiger partial charge < -0.3 is 15.8 Å². The fraction of sp³-hybridized carbons (Fsp3) is 0.786. The zero-order chi connectivity index (χ0) is 14.0. The number of ether oxygens (including phenoxy) is 1. The lowest BCUT2D eigenvalue weighted by molar-refractivity contribution is -0.121. The largest absolute Gasteiger partial charge is 0.379 e. The van der Waals surface area contributed by atoms with Crippen molar-refractivity contribution in [2.75, 3.05) is 19.8 Å². The van der Waals surface area contributed by atoms with Crippen molar-refractivity contribution in [2.45, 2.75) is 46.1 Å². The summed E-state index contributed by atoms with van der Waals surface area (Å²) in [6.07, 6.45) is 3.87. The molecule has 3 N–H and O–H groups in total. The maximum Gasteiger partial charge on any atom is 0.221 e. The van der Waals surface area contributed by atoms with Gasteiger partial charge in [-0.1, -0.05) is 26.8 Å². The van der Waals surface area contributed by atoms with Gasteiger partial charge in [0.1, 0.15) is 0 Å². The molecule has 0 bridgehead atoms. The summed E-state index contributed by atoms with van der Waals surface area (Å²) in [6, 6.07) is -0.0771. The van der Waals surface area contributed by atoms with Gasteiger partial charge in [-0.3, -0.25) is 4.79 Å². The van der Waals surface area contributed by atoms with E-state index in [1.807, 2.05) is 6.08 Å². The number of amides is 1. The molecule has 1 amide bonds. The van der Waals surface area contributed by atoms with Gasteiger partial charge in [-0.15, -0.1) is 6.58 Å². The highest BCUT2D eigenvalue weighted by atomic mass is 16.5. The Hall–Kier alpha value is -0.870. The Morgan fingerprint density at radius 3 is 2.67 bits per heavy atom. The summed E-state index contributed by atoms with van der Waals surface area (Å²) >= 11 is 0. The van der Waals surface area contributed by atoms with Gasteiger partial charge in [0.2, 0.25) is 5.91 Å². The van der Waals surface area contributed by atoms with Crippen LogP contribution in [0, 0.1) is 5.41 Å². The van der Waals surface area contributed by atoms with E-state index in [0.29, 0.717) is 26.2 Å². The Morgan fingerprint density at radius 2 is 2.11 bits per heavy atom. The molecule has 4 nitrogen and oxygen atoms in total. The molecule has 0 aromatic carbocycles. The van der Waals surface area contributed by atoms with Crippen molar-refractivity contribution in [3.05, 3.63) is 12.7 Å². The van der Waals surface area contributed by atoms with Crippen molar-refractivity contribution >= 4 is 5.91 Å². The lowest BCUT2D eigenvalue weighted by atomic mass is 9.87. The molecular weight excluding hydrogens is 228 g/mol. The molecule has 106 valence electrons. The number of carbonyl (C=O) groups is 1. The summed E-state index contributed by atoms with van der Waals surface area (Å²) < 4.78 is 5.29. The first-order valence-corrected chi connectivity index (χ1v) is 6.56. The predicted molar refractivity (Wildman–Crippen MR) is 75.3 cm³/mol. The second-order valence-electron chi connectivity index (χ2n) is 5.77. The molecule has 0 aliphatic rings. The van der Waals surface area contributed by atoms with E-state index in [0.717, 1.165) is 12.8 Å². The summed E-state index contributed by atoms with van der Waals surface area (Å²) in [5.74, 6) is -0.000860. The van der Waals surface area contributed by atoms with E-state index in [1.165, 1.54) is 0 Å². The van der Waals surface area contributed by atoms with Gasteiger partial charge in [-0.25, -0.2) is 0 Å².